The van der Waals surface area contributed by atoms with Crippen molar-refractivity contribution in [2.45, 2.75) is 24.8 Å². The van der Waals surface area contributed by atoms with Crippen molar-refractivity contribution >= 4 is 6.03 Å². The molecule has 1 aliphatic carbocycles. The lowest BCUT2D eigenvalue weighted by molar-refractivity contribution is 0.240. The Morgan fingerprint density at radius 3 is 2.74 bits per heavy atom. The maximum atomic E-state index is 13.4. The summed E-state index contributed by atoms with van der Waals surface area (Å²) in [7, 11) is 0. The topological polar surface area (TPSA) is 41.1 Å². The van der Waals surface area contributed by atoms with Gasteiger partial charge in [-0.15, -0.1) is 0 Å². The van der Waals surface area contributed by atoms with Gasteiger partial charge in [0.2, 0.25) is 0 Å². The summed E-state index contributed by atoms with van der Waals surface area (Å²) in [4.78, 5) is 11.8. The molecule has 3 nitrogen and oxygen atoms in total. The fraction of sp³-hybridized carbons (Fsp3) is 0.278. The van der Waals surface area contributed by atoms with Gasteiger partial charge in [0.1, 0.15) is 11.6 Å². The largest absolute Gasteiger partial charge is 0.338 e. The first kappa shape index (κ1) is 15.5. The fourth-order valence-electron chi connectivity index (χ4n) is 2.69. The van der Waals surface area contributed by atoms with Gasteiger partial charge >= 0.3 is 6.03 Å². The van der Waals surface area contributed by atoms with Crippen LogP contribution in [0.5, 0.6) is 0 Å². The monoisotopic (exact) mass is 316 g/mol. The van der Waals surface area contributed by atoms with Gasteiger partial charge in [-0.2, -0.15) is 0 Å². The van der Waals surface area contributed by atoms with Crippen LogP contribution in [-0.2, 0) is 6.42 Å². The molecule has 0 aliphatic heterocycles. The first-order valence-electron chi connectivity index (χ1n) is 7.67. The number of benzene rings is 2. The average molecular weight is 316 g/mol. The van der Waals surface area contributed by atoms with Crippen molar-refractivity contribution in [1.82, 2.24) is 10.6 Å². The molecule has 2 aromatic carbocycles. The van der Waals surface area contributed by atoms with Gasteiger partial charge in [-0.3, -0.25) is 0 Å². The summed E-state index contributed by atoms with van der Waals surface area (Å²) in [5, 5.41) is 5.58. The van der Waals surface area contributed by atoms with E-state index in [9.17, 15) is 13.6 Å². The number of hydrogen-bond donors (Lipinski definition) is 2. The molecule has 2 N–H and O–H groups in total. The Morgan fingerprint density at radius 2 is 1.96 bits per heavy atom. The molecule has 23 heavy (non-hydrogen) atoms. The van der Waals surface area contributed by atoms with Gasteiger partial charge in [0, 0.05) is 18.5 Å². The highest BCUT2D eigenvalue weighted by molar-refractivity contribution is 5.74. The first-order chi connectivity index (χ1) is 11.1. The van der Waals surface area contributed by atoms with Crippen molar-refractivity contribution in [3.63, 3.8) is 0 Å². The molecular weight excluding hydrogens is 298 g/mol. The molecule has 2 amide bonds. The summed E-state index contributed by atoms with van der Waals surface area (Å²) >= 11 is 0. The highest BCUT2D eigenvalue weighted by Crippen LogP contribution is 2.40. The second-order valence-corrected chi connectivity index (χ2v) is 5.75. The Labute approximate surface area is 133 Å². The number of hydrogen-bond acceptors (Lipinski definition) is 1. The number of carbonyl (C=O) groups is 1. The van der Waals surface area contributed by atoms with Crippen LogP contribution in [0, 0.1) is 11.6 Å². The van der Waals surface area contributed by atoms with Crippen LogP contribution in [0.15, 0.2) is 48.5 Å². The third-order valence-corrected chi connectivity index (χ3v) is 4.02. The van der Waals surface area contributed by atoms with Crippen molar-refractivity contribution in [2.75, 3.05) is 6.54 Å². The van der Waals surface area contributed by atoms with E-state index < -0.39 is 0 Å². The molecule has 0 heterocycles. The Bertz CT molecular complexity index is 705. The van der Waals surface area contributed by atoms with Crippen LogP contribution in [0.25, 0.3) is 0 Å². The SMILES string of the molecule is O=C(NCCc1ccccc1F)NC1CC1c1cccc(F)c1. The first-order valence-corrected chi connectivity index (χ1v) is 7.67. The predicted molar refractivity (Wildman–Crippen MR) is 84.2 cm³/mol. The Hall–Kier alpha value is -2.43. The minimum atomic E-state index is -0.273. The minimum absolute atomic E-state index is 0.0326. The summed E-state index contributed by atoms with van der Waals surface area (Å²) < 4.78 is 26.6. The Morgan fingerprint density at radius 1 is 1.13 bits per heavy atom. The van der Waals surface area contributed by atoms with Crippen molar-refractivity contribution in [3.8, 4) is 0 Å². The van der Waals surface area contributed by atoms with Crippen molar-refractivity contribution in [2.24, 2.45) is 0 Å². The number of halogens is 2. The smallest absolute Gasteiger partial charge is 0.315 e. The molecule has 0 bridgehead atoms. The number of carbonyl (C=O) groups excluding carboxylic acids is 1. The number of amides is 2. The third kappa shape index (κ3) is 4.06. The van der Waals surface area contributed by atoms with Crippen LogP contribution >= 0.6 is 0 Å². The summed E-state index contributed by atoms with van der Waals surface area (Å²) in [5.74, 6) is -0.353. The summed E-state index contributed by atoms with van der Waals surface area (Å²) in [5.41, 5.74) is 1.48. The van der Waals surface area contributed by atoms with Gasteiger partial charge in [0.05, 0.1) is 0 Å². The number of nitrogens with one attached hydrogen (secondary N) is 2. The lowest BCUT2D eigenvalue weighted by Crippen LogP contribution is -2.38. The van der Waals surface area contributed by atoms with Crippen LogP contribution in [-0.4, -0.2) is 18.6 Å². The van der Waals surface area contributed by atoms with Crippen LogP contribution in [0.4, 0.5) is 13.6 Å². The highest BCUT2D eigenvalue weighted by atomic mass is 19.1. The van der Waals surface area contributed by atoms with Crippen LogP contribution < -0.4 is 10.6 Å². The van der Waals surface area contributed by atoms with E-state index in [4.69, 9.17) is 0 Å². The summed E-state index contributed by atoms with van der Waals surface area (Å²) in [6.45, 7) is 0.365. The van der Waals surface area contributed by atoms with E-state index in [-0.39, 0.29) is 29.6 Å². The lowest BCUT2D eigenvalue weighted by atomic mass is 10.1. The number of rotatable bonds is 5. The van der Waals surface area contributed by atoms with Crippen molar-refractivity contribution < 1.29 is 13.6 Å². The molecule has 120 valence electrons. The third-order valence-electron chi connectivity index (χ3n) is 4.02. The molecule has 1 aliphatic rings. The molecule has 0 spiro atoms. The molecule has 5 heteroatoms. The molecule has 3 rings (SSSR count). The molecular formula is C18H18F2N2O. The van der Waals surface area contributed by atoms with Crippen molar-refractivity contribution in [3.05, 3.63) is 71.3 Å². The zero-order valence-electron chi connectivity index (χ0n) is 12.6. The van der Waals surface area contributed by atoms with Gasteiger partial charge in [-0.05, 0) is 42.2 Å². The maximum Gasteiger partial charge on any atom is 0.315 e. The van der Waals surface area contributed by atoms with E-state index in [0.717, 1.165) is 12.0 Å². The van der Waals surface area contributed by atoms with Crippen LogP contribution in [0.3, 0.4) is 0 Å². The molecule has 0 radical (unpaired) electrons. The molecule has 1 fully saturated rings. The van der Waals surface area contributed by atoms with E-state index >= 15 is 0 Å². The maximum absolute atomic E-state index is 13.4. The zero-order chi connectivity index (χ0) is 16.2. The average Bonchev–Trinajstić information content (AvgIpc) is 3.28. The van der Waals surface area contributed by atoms with E-state index in [0.29, 0.717) is 18.5 Å². The molecule has 0 aromatic heterocycles. The molecule has 2 atom stereocenters. The molecule has 2 aromatic rings. The van der Waals surface area contributed by atoms with Gasteiger partial charge in [-0.25, -0.2) is 13.6 Å². The van der Waals surface area contributed by atoms with Gasteiger partial charge in [0.25, 0.3) is 0 Å². The fourth-order valence-corrected chi connectivity index (χ4v) is 2.69. The normalized spacial score (nSPS) is 19.2. The lowest BCUT2D eigenvalue weighted by Gasteiger charge is -2.08. The zero-order valence-corrected chi connectivity index (χ0v) is 12.6. The van der Waals surface area contributed by atoms with Crippen LogP contribution in [0.1, 0.15) is 23.5 Å². The standard InChI is InChI=1S/C18H18F2N2O/c19-14-6-3-5-13(10-14)15-11-17(15)22-18(23)21-9-8-12-4-1-2-7-16(12)20/h1-7,10,15,17H,8-9,11H2,(H2,21,22,23). The van der Waals surface area contributed by atoms with E-state index in [1.54, 1.807) is 24.3 Å². The Balaban J connectivity index is 1.42. The molecule has 2 unspecified atom stereocenters. The minimum Gasteiger partial charge on any atom is -0.338 e. The summed E-state index contributed by atoms with van der Waals surface area (Å²) in [6.07, 6.45) is 1.25. The van der Waals surface area contributed by atoms with Crippen LogP contribution in [0.2, 0.25) is 0 Å². The highest BCUT2D eigenvalue weighted by Gasteiger charge is 2.39. The van der Waals surface area contributed by atoms with E-state index in [1.165, 1.54) is 18.2 Å². The number of urea groups is 1. The van der Waals surface area contributed by atoms with Crippen molar-refractivity contribution in [1.29, 1.82) is 0 Å². The quantitative estimate of drug-likeness (QED) is 0.872. The van der Waals surface area contributed by atoms with Gasteiger partial charge < -0.3 is 10.6 Å². The Kier molecular flexibility index (Phi) is 4.55. The predicted octanol–water partition coefficient (Wildman–Crippen LogP) is 3.36. The van der Waals surface area contributed by atoms with Gasteiger partial charge in [-0.1, -0.05) is 30.3 Å². The van der Waals surface area contributed by atoms with E-state index in [2.05, 4.69) is 10.6 Å². The summed E-state index contributed by atoms with van der Waals surface area (Å²) in [6, 6.07) is 12.7. The van der Waals surface area contributed by atoms with Gasteiger partial charge in [0.15, 0.2) is 0 Å². The molecule has 0 saturated heterocycles. The van der Waals surface area contributed by atoms with E-state index in [1.807, 2.05) is 6.07 Å². The second kappa shape index (κ2) is 6.77. The molecule has 1 saturated carbocycles. The second-order valence-electron chi connectivity index (χ2n) is 5.75.